The Hall–Kier alpha value is -2.23. The maximum atomic E-state index is 14.7. The maximum Gasteiger partial charge on any atom is 0.251 e. The third kappa shape index (κ3) is 6.62. The first kappa shape index (κ1) is 29.3. The van der Waals surface area contributed by atoms with Gasteiger partial charge in [-0.3, -0.25) is 9.59 Å². The minimum atomic E-state index is -3.01. The van der Waals surface area contributed by atoms with Crippen LogP contribution in [-0.2, 0) is 11.2 Å². The smallest absolute Gasteiger partial charge is 0.251 e. The van der Waals surface area contributed by atoms with Crippen molar-refractivity contribution in [2.45, 2.75) is 63.8 Å². The standard InChI is InChI=1S/C26H31Cl2F3N4O2/c1-5-20(36)18-7-6-15(22(28)23(18)29)10-17(35(3)4)14-32-21(37)11-19(24-33-12-16(27)13-34-24)26(8-9-26)25(2,30)31/h6-7,12-13,17,19H,5,8-11,14H2,1-4H3,(H,32,37)/t17-,19?/m0/s1. The number of Topliss-reactive ketones (excluding diaryl/α,β-unsaturated/α-hetero) is 1. The Kier molecular flexibility index (Phi) is 9.24. The molecule has 1 aliphatic rings. The first-order valence-corrected chi connectivity index (χ1v) is 12.8. The first-order valence-electron chi connectivity index (χ1n) is 12.1. The van der Waals surface area contributed by atoms with E-state index < -0.39 is 29.0 Å². The van der Waals surface area contributed by atoms with Gasteiger partial charge in [-0.2, -0.15) is 0 Å². The van der Waals surface area contributed by atoms with E-state index in [9.17, 15) is 22.8 Å². The number of carbonyl (C=O) groups excluding carboxylic acids is 2. The van der Waals surface area contributed by atoms with Crippen molar-refractivity contribution in [2.24, 2.45) is 5.41 Å². The number of nitrogens with one attached hydrogen (secondary N) is 1. The van der Waals surface area contributed by atoms with Crippen LogP contribution in [0, 0.1) is 11.2 Å². The van der Waals surface area contributed by atoms with Gasteiger partial charge in [-0.15, -0.1) is 0 Å². The number of rotatable bonds is 12. The van der Waals surface area contributed by atoms with Gasteiger partial charge in [0, 0.05) is 49.2 Å². The van der Waals surface area contributed by atoms with E-state index in [2.05, 4.69) is 15.3 Å². The topological polar surface area (TPSA) is 75.2 Å². The van der Waals surface area contributed by atoms with Crippen molar-refractivity contribution in [3.63, 3.8) is 0 Å². The highest BCUT2D eigenvalue weighted by Gasteiger charge is 2.64. The molecule has 2 atom stereocenters. The summed E-state index contributed by atoms with van der Waals surface area (Å²) in [6.07, 6.45) is 3.44. The second kappa shape index (κ2) is 11.7. The molecular formula is C26H31Cl2F3N4O2. The molecule has 1 aliphatic carbocycles. The molecule has 1 unspecified atom stereocenters. The van der Waals surface area contributed by atoms with Crippen LogP contribution in [0.3, 0.4) is 0 Å². The number of hydrogen-bond acceptors (Lipinski definition) is 5. The van der Waals surface area contributed by atoms with Crippen LogP contribution in [-0.4, -0.2) is 59.2 Å². The van der Waals surface area contributed by atoms with Crippen LogP contribution in [0.15, 0.2) is 24.5 Å². The number of benzene rings is 1. The Labute approximate surface area is 224 Å². The lowest BCUT2D eigenvalue weighted by molar-refractivity contribution is -0.124. The number of ketones is 1. The van der Waals surface area contributed by atoms with Crippen molar-refractivity contribution in [3.8, 4) is 0 Å². The quantitative estimate of drug-likeness (QED) is 0.337. The van der Waals surface area contributed by atoms with Crippen LogP contribution < -0.4 is 5.32 Å². The van der Waals surface area contributed by atoms with Gasteiger partial charge < -0.3 is 10.2 Å². The summed E-state index contributed by atoms with van der Waals surface area (Å²) in [5.74, 6) is -5.26. The van der Waals surface area contributed by atoms with Gasteiger partial charge in [-0.1, -0.05) is 36.2 Å². The van der Waals surface area contributed by atoms with Crippen molar-refractivity contribution in [3.05, 3.63) is 57.3 Å². The van der Waals surface area contributed by atoms with E-state index in [1.165, 1.54) is 18.5 Å². The number of alkyl halides is 2. The minimum absolute atomic E-state index is 0.0526. The summed E-state index contributed by atoms with van der Waals surface area (Å²) in [7, 11) is 3.61. The van der Waals surface area contributed by atoms with Crippen LogP contribution in [0.25, 0.3) is 0 Å². The zero-order chi connectivity index (χ0) is 27.5. The molecule has 1 amide bonds. The van der Waals surface area contributed by atoms with Gasteiger partial charge in [0.15, 0.2) is 11.6 Å². The van der Waals surface area contributed by atoms with E-state index >= 15 is 0 Å². The molecule has 3 rings (SSSR count). The van der Waals surface area contributed by atoms with E-state index in [-0.39, 0.29) is 65.5 Å². The average molecular weight is 559 g/mol. The highest BCUT2D eigenvalue weighted by atomic mass is 35.5. The summed E-state index contributed by atoms with van der Waals surface area (Å²) in [6.45, 7) is 2.68. The lowest BCUT2D eigenvalue weighted by atomic mass is 9.80. The van der Waals surface area contributed by atoms with Crippen LogP contribution in [0.4, 0.5) is 13.2 Å². The Balaban J connectivity index is 1.73. The average Bonchev–Trinajstić information content (AvgIpc) is 3.65. The van der Waals surface area contributed by atoms with Gasteiger partial charge in [0.25, 0.3) is 5.92 Å². The van der Waals surface area contributed by atoms with Gasteiger partial charge in [-0.05, 0) is 51.9 Å². The van der Waals surface area contributed by atoms with Crippen LogP contribution in [0.1, 0.15) is 67.2 Å². The van der Waals surface area contributed by atoms with Gasteiger partial charge in [-0.25, -0.2) is 23.1 Å². The molecule has 1 N–H and O–H groups in total. The van der Waals surface area contributed by atoms with E-state index in [1.54, 1.807) is 27.1 Å². The molecule has 1 aromatic carbocycles. The van der Waals surface area contributed by atoms with Crippen molar-refractivity contribution < 1.29 is 22.8 Å². The fourth-order valence-electron chi connectivity index (χ4n) is 4.60. The second-order valence-electron chi connectivity index (χ2n) is 9.86. The molecule has 37 heavy (non-hydrogen) atoms. The molecule has 0 spiro atoms. The first-order chi connectivity index (χ1) is 17.3. The minimum Gasteiger partial charge on any atom is -0.354 e. The number of halogens is 5. The Morgan fingerprint density at radius 1 is 1.19 bits per heavy atom. The molecule has 1 aromatic heterocycles. The predicted octanol–water partition coefficient (Wildman–Crippen LogP) is 5.71. The zero-order valence-corrected chi connectivity index (χ0v) is 22.8. The molecule has 2 aromatic rings. The van der Waals surface area contributed by atoms with E-state index in [1.807, 2.05) is 4.90 Å². The molecule has 0 saturated heterocycles. The molecule has 202 valence electrons. The SMILES string of the molecule is CCC(=O)c1ccc(C[C@@H](CNC(=O)CC(c2ncc(Cl)cn2)C2(C(C)(F)F)CC2)N(C)C)c(Cl)c1F. The van der Waals surface area contributed by atoms with E-state index in [0.29, 0.717) is 12.0 Å². The number of hydrogen-bond donors (Lipinski definition) is 1. The summed E-state index contributed by atoms with van der Waals surface area (Å²) in [5.41, 5.74) is -0.945. The highest BCUT2D eigenvalue weighted by molar-refractivity contribution is 6.32. The lowest BCUT2D eigenvalue weighted by Crippen LogP contribution is -2.43. The summed E-state index contributed by atoms with van der Waals surface area (Å²) in [4.78, 5) is 35.0. The number of likely N-dealkylation sites (N-methyl/N-ethyl adjacent to an activating group) is 1. The predicted molar refractivity (Wildman–Crippen MR) is 137 cm³/mol. The van der Waals surface area contributed by atoms with Crippen molar-refractivity contribution in [1.82, 2.24) is 20.2 Å². The summed E-state index contributed by atoms with van der Waals surface area (Å²) >= 11 is 12.1. The molecule has 1 fully saturated rings. The molecule has 0 radical (unpaired) electrons. The van der Waals surface area contributed by atoms with Crippen molar-refractivity contribution in [1.29, 1.82) is 0 Å². The van der Waals surface area contributed by atoms with Gasteiger partial charge in [0.1, 0.15) is 5.82 Å². The maximum absolute atomic E-state index is 14.7. The van der Waals surface area contributed by atoms with Gasteiger partial charge in [0.2, 0.25) is 5.91 Å². The summed E-state index contributed by atoms with van der Waals surface area (Å²) in [5, 5.41) is 2.97. The molecule has 1 saturated carbocycles. The number of carbonyl (C=O) groups is 2. The van der Waals surface area contributed by atoms with E-state index in [0.717, 1.165) is 6.92 Å². The van der Waals surface area contributed by atoms with Crippen molar-refractivity contribution in [2.75, 3.05) is 20.6 Å². The molecule has 11 heteroatoms. The second-order valence-corrected chi connectivity index (χ2v) is 10.7. The monoisotopic (exact) mass is 558 g/mol. The van der Waals surface area contributed by atoms with Crippen LogP contribution in [0.5, 0.6) is 0 Å². The number of nitrogens with zero attached hydrogens (tertiary/aromatic N) is 3. The number of amides is 1. The Bertz CT molecular complexity index is 1140. The molecule has 1 heterocycles. The third-order valence-electron chi connectivity index (χ3n) is 7.18. The Morgan fingerprint density at radius 3 is 2.32 bits per heavy atom. The molecule has 0 aliphatic heterocycles. The van der Waals surface area contributed by atoms with Crippen LogP contribution >= 0.6 is 23.2 Å². The third-order valence-corrected chi connectivity index (χ3v) is 7.78. The Morgan fingerprint density at radius 2 is 1.81 bits per heavy atom. The van der Waals surface area contributed by atoms with Crippen LogP contribution in [0.2, 0.25) is 10.0 Å². The highest BCUT2D eigenvalue weighted by Crippen LogP contribution is 2.65. The molecular weight excluding hydrogens is 528 g/mol. The normalized spacial score (nSPS) is 16.4. The zero-order valence-electron chi connectivity index (χ0n) is 21.3. The van der Waals surface area contributed by atoms with Gasteiger partial charge >= 0.3 is 0 Å². The summed E-state index contributed by atoms with van der Waals surface area (Å²) in [6, 6.07) is 2.76. The molecule has 6 nitrogen and oxygen atoms in total. The fourth-order valence-corrected chi connectivity index (χ4v) is 4.94. The number of aromatic nitrogens is 2. The van der Waals surface area contributed by atoms with E-state index in [4.69, 9.17) is 23.2 Å². The van der Waals surface area contributed by atoms with Gasteiger partial charge in [0.05, 0.1) is 15.6 Å². The summed E-state index contributed by atoms with van der Waals surface area (Å²) < 4.78 is 43.8. The lowest BCUT2D eigenvalue weighted by Gasteiger charge is -2.31. The fraction of sp³-hybridized carbons (Fsp3) is 0.538. The molecule has 0 bridgehead atoms. The largest absolute Gasteiger partial charge is 0.354 e. The van der Waals surface area contributed by atoms with Crippen molar-refractivity contribution >= 4 is 34.9 Å².